The number of hydrogen-bond donors (Lipinski definition) is 1. The lowest BCUT2D eigenvalue weighted by Crippen LogP contribution is -2.55. The molecule has 2 atom stereocenters. The zero-order valence-electron chi connectivity index (χ0n) is 20.7. The molecule has 10 heteroatoms. The molecule has 5 rings (SSSR count). The van der Waals surface area contributed by atoms with E-state index in [4.69, 9.17) is 23.2 Å². The van der Waals surface area contributed by atoms with Gasteiger partial charge in [0.2, 0.25) is 5.95 Å². The third-order valence-electron chi connectivity index (χ3n) is 7.02. The molecule has 0 radical (unpaired) electrons. The number of benzene rings is 2. The average molecular weight is 526 g/mol. The van der Waals surface area contributed by atoms with Crippen molar-refractivity contribution in [1.29, 1.82) is 0 Å². The van der Waals surface area contributed by atoms with Gasteiger partial charge in [-0.1, -0.05) is 29.3 Å². The fraction of sp³-hybridized carbons (Fsp3) is 0.346. The van der Waals surface area contributed by atoms with Crippen LogP contribution in [-0.2, 0) is 0 Å². The Morgan fingerprint density at radius 3 is 2.25 bits per heavy atom. The van der Waals surface area contributed by atoms with Gasteiger partial charge in [0.15, 0.2) is 0 Å². The number of nitrogens with one attached hydrogen (secondary N) is 1. The smallest absolute Gasteiger partial charge is 0.265 e. The van der Waals surface area contributed by atoms with Crippen LogP contribution in [0.3, 0.4) is 0 Å². The number of carbonyl (C=O) groups excluding carboxylic acids is 1. The maximum Gasteiger partial charge on any atom is 0.265 e. The molecule has 2 aliphatic heterocycles. The van der Waals surface area contributed by atoms with Gasteiger partial charge in [-0.25, -0.2) is 4.98 Å². The number of hydrogen-bond acceptors (Lipinski definition) is 7. The second-order valence-electron chi connectivity index (χ2n) is 9.51. The van der Waals surface area contributed by atoms with Crippen LogP contribution in [0.5, 0.6) is 0 Å². The fourth-order valence-corrected chi connectivity index (χ4v) is 5.38. The Bertz CT molecular complexity index is 1250. The molecule has 2 unspecified atom stereocenters. The largest absolute Gasteiger partial charge is 0.368 e. The van der Waals surface area contributed by atoms with E-state index in [1.54, 1.807) is 29.3 Å². The molecule has 1 N–H and O–H groups in total. The Labute approximate surface area is 221 Å². The minimum Gasteiger partial charge on any atom is -0.368 e. The van der Waals surface area contributed by atoms with E-state index < -0.39 is 0 Å². The number of rotatable bonds is 4. The van der Waals surface area contributed by atoms with E-state index in [-0.39, 0.29) is 12.6 Å². The number of amides is 1. The van der Waals surface area contributed by atoms with E-state index in [2.05, 4.69) is 58.1 Å². The fourth-order valence-electron chi connectivity index (χ4n) is 4.78. The van der Waals surface area contributed by atoms with Crippen molar-refractivity contribution >= 4 is 57.9 Å². The lowest BCUT2D eigenvalue weighted by Gasteiger charge is -2.43. The molecule has 1 fully saturated rings. The monoisotopic (exact) mass is 525 g/mol. The Balaban J connectivity index is 1.33. The number of aromatic nitrogens is 2. The summed E-state index contributed by atoms with van der Waals surface area (Å²) >= 11 is 12.7. The highest BCUT2D eigenvalue weighted by atomic mass is 35.5. The van der Waals surface area contributed by atoms with Gasteiger partial charge in [-0.05, 0) is 57.3 Å². The molecule has 0 bridgehead atoms. The number of fused-ring (bicyclic) bond motifs is 1. The summed E-state index contributed by atoms with van der Waals surface area (Å²) < 4.78 is 0. The van der Waals surface area contributed by atoms with Crippen LogP contribution in [0.15, 0.2) is 48.7 Å². The summed E-state index contributed by atoms with van der Waals surface area (Å²) in [6, 6.07) is 14.5. The van der Waals surface area contributed by atoms with Crippen molar-refractivity contribution in [2.24, 2.45) is 0 Å². The predicted molar refractivity (Wildman–Crippen MR) is 147 cm³/mol. The zero-order chi connectivity index (χ0) is 25.6. The molecular formula is C26H29Cl2N7O. The van der Waals surface area contributed by atoms with Gasteiger partial charge in [0, 0.05) is 49.8 Å². The Morgan fingerprint density at radius 2 is 1.61 bits per heavy atom. The van der Waals surface area contributed by atoms with E-state index in [9.17, 15) is 4.79 Å². The van der Waals surface area contributed by atoms with E-state index >= 15 is 0 Å². The normalized spacial score (nSPS) is 20.5. The van der Waals surface area contributed by atoms with E-state index in [1.165, 1.54) is 5.69 Å². The summed E-state index contributed by atoms with van der Waals surface area (Å²) in [6.45, 7) is 6.78. The van der Waals surface area contributed by atoms with Crippen LogP contribution in [-0.4, -0.2) is 66.7 Å². The molecule has 2 aliphatic rings. The number of anilines is 5. The molecule has 3 aromatic rings. The minimum atomic E-state index is -0.246. The van der Waals surface area contributed by atoms with E-state index in [0.29, 0.717) is 45.1 Å². The second-order valence-corrected chi connectivity index (χ2v) is 10.3. The lowest BCUT2D eigenvalue weighted by atomic mass is 10.1. The van der Waals surface area contributed by atoms with Crippen molar-refractivity contribution < 1.29 is 4.79 Å². The molecule has 3 heterocycles. The van der Waals surface area contributed by atoms with E-state index in [1.807, 2.05) is 24.1 Å². The zero-order valence-corrected chi connectivity index (χ0v) is 22.3. The third kappa shape index (κ3) is 4.56. The van der Waals surface area contributed by atoms with E-state index in [0.717, 1.165) is 18.8 Å². The highest BCUT2D eigenvalue weighted by Crippen LogP contribution is 2.37. The first-order chi connectivity index (χ1) is 17.2. The van der Waals surface area contributed by atoms with Crippen LogP contribution in [0.2, 0.25) is 10.0 Å². The van der Waals surface area contributed by atoms with Gasteiger partial charge in [-0.2, -0.15) is 4.98 Å². The van der Waals surface area contributed by atoms with Gasteiger partial charge in [-0.3, -0.25) is 14.6 Å². The quantitative estimate of drug-likeness (QED) is 0.507. The highest BCUT2D eigenvalue weighted by molar-refractivity contribution is 6.40. The molecule has 36 heavy (non-hydrogen) atoms. The van der Waals surface area contributed by atoms with Crippen LogP contribution in [0.4, 0.5) is 28.8 Å². The van der Waals surface area contributed by atoms with Crippen LogP contribution < -0.4 is 20.0 Å². The third-order valence-corrected chi connectivity index (χ3v) is 7.63. The summed E-state index contributed by atoms with van der Waals surface area (Å²) in [5, 5.41) is 4.09. The Hall–Kier alpha value is -3.07. The van der Waals surface area contributed by atoms with Gasteiger partial charge in [0.05, 0.1) is 22.4 Å². The van der Waals surface area contributed by atoms with Gasteiger partial charge in [0.1, 0.15) is 11.4 Å². The lowest BCUT2D eigenvalue weighted by molar-refractivity contribution is 0.0982. The summed E-state index contributed by atoms with van der Waals surface area (Å²) in [6.07, 6.45) is 1.54. The van der Waals surface area contributed by atoms with Crippen LogP contribution >= 0.6 is 23.2 Å². The van der Waals surface area contributed by atoms with Crippen molar-refractivity contribution in [2.45, 2.75) is 25.9 Å². The number of nitrogens with zero attached hydrogens (tertiary/aromatic N) is 6. The van der Waals surface area contributed by atoms with Gasteiger partial charge in [0.25, 0.3) is 5.91 Å². The number of carbonyl (C=O) groups is 1. The minimum absolute atomic E-state index is 0.246. The molecule has 1 aromatic heterocycles. The second kappa shape index (κ2) is 9.76. The van der Waals surface area contributed by atoms with Crippen LogP contribution in [0.25, 0.3) is 0 Å². The molecule has 188 valence electrons. The Kier molecular flexibility index (Phi) is 6.68. The summed E-state index contributed by atoms with van der Waals surface area (Å²) in [7, 11) is 4.05. The van der Waals surface area contributed by atoms with Crippen molar-refractivity contribution in [3.8, 4) is 0 Å². The van der Waals surface area contributed by atoms with Crippen LogP contribution in [0, 0.1) is 0 Å². The van der Waals surface area contributed by atoms with Crippen molar-refractivity contribution in [2.75, 3.05) is 53.9 Å². The van der Waals surface area contributed by atoms with Gasteiger partial charge in [-0.15, -0.1) is 0 Å². The van der Waals surface area contributed by atoms with Crippen molar-refractivity contribution in [3.05, 3.63) is 64.3 Å². The molecule has 0 aliphatic carbocycles. The Morgan fingerprint density at radius 1 is 0.972 bits per heavy atom. The topological polar surface area (TPSA) is 67.8 Å². The number of para-hydroxylation sites is 1. The predicted octanol–water partition coefficient (Wildman–Crippen LogP) is 5.11. The summed E-state index contributed by atoms with van der Waals surface area (Å²) in [4.78, 5) is 30.6. The van der Waals surface area contributed by atoms with Crippen molar-refractivity contribution in [3.63, 3.8) is 0 Å². The summed E-state index contributed by atoms with van der Waals surface area (Å²) in [5.74, 6) is 0.728. The van der Waals surface area contributed by atoms with Gasteiger partial charge < -0.3 is 15.1 Å². The number of piperazine rings is 1. The van der Waals surface area contributed by atoms with Gasteiger partial charge >= 0.3 is 0 Å². The SMILES string of the molecule is CC1CN(c2ccc(Nc3ncc4c(n3)N(C)CN(c3c(Cl)cccc3Cl)C4=O)cc2)CC(C)N1C. The average Bonchev–Trinajstić information content (AvgIpc) is 2.85. The first kappa shape index (κ1) is 24.6. The van der Waals surface area contributed by atoms with Crippen LogP contribution in [0.1, 0.15) is 24.2 Å². The molecule has 0 spiro atoms. The molecular weight excluding hydrogens is 497 g/mol. The first-order valence-electron chi connectivity index (χ1n) is 11.9. The van der Waals surface area contributed by atoms with Crippen molar-refractivity contribution in [1.82, 2.24) is 14.9 Å². The molecule has 8 nitrogen and oxygen atoms in total. The highest BCUT2D eigenvalue weighted by Gasteiger charge is 2.33. The maximum absolute atomic E-state index is 13.3. The molecule has 0 saturated carbocycles. The number of likely N-dealkylation sites (N-methyl/N-ethyl adjacent to an activating group) is 1. The maximum atomic E-state index is 13.3. The first-order valence-corrected chi connectivity index (χ1v) is 12.7. The molecule has 1 saturated heterocycles. The standard InChI is InChI=1S/C26H29Cl2N7O/c1-16-13-34(14-17(2)33(16)4)19-10-8-18(9-11-19)30-26-29-12-20-24(31-26)32(3)15-35(25(20)36)23-21(27)6-5-7-22(23)28/h5-12,16-17H,13-15H2,1-4H3,(H,29,30,31). The number of halogens is 2. The molecule has 2 aromatic carbocycles. The summed E-state index contributed by atoms with van der Waals surface area (Å²) in [5.41, 5.74) is 2.94. The molecule has 1 amide bonds.